The third-order valence-corrected chi connectivity index (χ3v) is 8.30. The molecule has 0 aliphatic carbocycles. The Bertz CT molecular complexity index is 1780. The van der Waals surface area contributed by atoms with Crippen LogP contribution in [0, 0.1) is 13.8 Å². The number of hydrogen-bond acceptors (Lipinski definition) is 5. The van der Waals surface area contributed by atoms with E-state index in [1.54, 1.807) is 0 Å². The van der Waals surface area contributed by atoms with Gasteiger partial charge in [0.05, 0.1) is 33.7 Å². The number of unbranched alkanes of at least 4 members (excludes halogenated alkanes) is 1. The number of nitrogens with zero attached hydrogens (tertiary/aromatic N) is 4. The van der Waals surface area contributed by atoms with Crippen LogP contribution in [0.5, 0.6) is 0 Å². The van der Waals surface area contributed by atoms with Gasteiger partial charge in [0, 0.05) is 28.6 Å². The molecule has 0 saturated carbocycles. The van der Waals surface area contributed by atoms with E-state index in [1.165, 1.54) is 22.9 Å². The van der Waals surface area contributed by atoms with Crippen LogP contribution in [0.15, 0.2) is 82.3 Å². The molecule has 6 aromatic rings. The van der Waals surface area contributed by atoms with Crippen LogP contribution in [0.25, 0.3) is 27.6 Å². The fourth-order valence-electron chi connectivity index (χ4n) is 4.96. The van der Waals surface area contributed by atoms with Gasteiger partial charge in [0.25, 0.3) is 0 Å². The Morgan fingerprint density at radius 2 is 1.82 bits per heavy atom. The van der Waals surface area contributed by atoms with Crippen LogP contribution in [0.3, 0.4) is 0 Å². The number of anilines is 1. The highest BCUT2D eigenvalue weighted by Crippen LogP contribution is 2.33. The van der Waals surface area contributed by atoms with Gasteiger partial charge in [-0.1, -0.05) is 60.4 Å². The fraction of sp³-hybridized carbons (Fsp3) is 0.226. The second kappa shape index (κ2) is 10.8. The average molecular weight is 556 g/mol. The first-order chi connectivity index (χ1) is 19.0. The van der Waals surface area contributed by atoms with Gasteiger partial charge in [-0.3, -0.25) is 0 Å². The van der Waals surface area contributed by atoms with E-state index in [9.17, 15) is 0 Å². The van der Waals surface area contributed by atoms with Crippen LogP contribution in [-0.2, 0) is 13.0 Å². The molecule has 0 aliphatic rings. The van der Waals surface area contributed by atoms with Crippen molar-refractivity contribution in [1.82, 2.24) is 19.3 Å². The maximum Gasteiger partial charge on any atom is 0.182 e. The maximum absolute atomic E-state index is 6.31. The Balaban J connectivity index is 1.41. The second-order valence-electron chi connectivity index (χ2n) is 9.78. The van der Waals surface area contributed by atoms with Gasteiger partial charge in [0.2, 0.25) is 0 Å². The van der Waals surface area contributed by atoms with E-state index in [1.807, 2.05) is 26.0 Å². The third-order valence-electron chi connectivity index (χ3n) is 7.21. The molecular formula is C31H30ClN5OS. The number of benzene rings is 3. The quantitative estimate of drug-likeness (QED) is 0.181. The Kier molecular flexibility index (Phi) is 7.11. The predicted molar refractivity (Wildman–Crippen MR) is 161 cm³/mol. The number of hydrogen-bond donors (Lipinski definition) is 1. The van der Waals surface area contributed by atoms with E-state index in [0.29, 0.717) is 5.02 Å². The number of imidazole rings is 1. The first-order valence-electron chi connectivity index (χ1n) is 13.2. The van der Waals surface area contributed by atoms with E-state index >= 15 is 0 Å². The van der Waals surface area contributed by atoms with Crippen molar-refractivity contribution in [1.29, 1.82) is 0 Å². The van der Waals surface area contributed by atoms with E-state index in [-0.39, 0.29) is 0 Å². The van der Waals surface area contributed by atoms with E-state index in [4.69, 9.17) is 21.1 Å². The minimum Gasteiger partial charge on any atom is -0.359 e. The van der Waals surface area contributed by atoms with Crippen molar-refractivity contribution in [3.8, 4) is 5.69 Å². The predicted octanol–water partition coefficient (Wildman–Crippen LogP) is 8.75. The molecule has 0 fully saturated rings. The van der Waals surface area contributed by atoms with Crippen LogP contribution in [-0.4, -0.2) is 19.3 Å². The van der Waals surface area contributed by atoms with Crippen LogP contribution >= 0.6 is 23.5 Å². The van der Waals surface area contributed by atoms with Crippen LogP contribution in [0.2, 0.25) is 5.02 Å². The molecule has 39 heavy (non-hydrogen) atoms. The number of nitrogens with one attached hydrogen (secondary N) is 1. The zero-order valence-electron chi connectivity index (χ0n) is 22.2. The molecule has 0 atom stereocenters. The number of rotatable bonds is 9. The summed E-state index contributed by atoms with van der Waals surface area (Å²) in [5, 5.41) is 6.10. The molecule has 6 nitrogen and oxygen atoms in total. The largest absolute Gasteiger partial charge is 0.359 e. The van der Waals surface area contributed by atoms with Crippen molar-refractivity contribution >= 4 is 51.3 Å². The summed E-state index contributed by atoms with van der Waals surface area (Å²) in [7, 11) is 0. The standard InChI is InChI=1S/C31H30ClN5OS/c1-4-5-14-30-33-25-17-23(32)15-16-27(25)37(30)19-22-18-36(26-11-7-6-10-24(22)26)28-12-8-9-13-29(28)39-35-31-20(2)21(3)38-34-31/h6-13,15-18H,4-5,14,19H2,1-3H3,(H,34,35). The Labute approximate surface area is 237 Å². The van der Waals surface area contributed by atoms with Crippen molar-refractivity contribution in [2.24, 2.45) is 0 Å². The van der Waals surface area contributed by atoms with Crippen LogP contribution < -0.4 is 4.72 Å². The molecule has 8 heteroatoms. The first-order valence-corrected chi connectivity index (χ1v) is 14.4. The van der Waals surface area contributed by atoms with Gasteiger partial charge in [-0.25, -0.2) is 4.98 Å². The molecule has 3 aromatic heterocycles. The lowest BCUT2D eigenvalue weighted by Crippen LogP contribution is -2.05. The topological polar surface area (TPSA) is 60.8 Å². The molecule has 0 radical (unpaired) electrons. The molecule has 3 aromatic carbocycles. The zero-order chi connectivity index (χ0) is 26.9. The third kappa shape index (κ3) is 4.92. The lowest BCUT2D eigenvalue weighted by Gasteiger charge is -2.12. The van der Waals surface area contributed by atoms with Crippen LogP contribution in [0.1, 0.15) is 42.5 Å². The molecule has 0 amide bonds. The minimum absolute atomic E-state index is 0.712. The summed E-state index contributed by atoms with van der Waals surface area (Å²) in [6, 6.07) is 23.0. The lowest BCUT2D eigenvalue weighted by molar-refractivity contribution is 0.399. The SMILES string of the molecule is CCCCc1nc2cc(Cl)ccc2n1Cc1cn(-c2ccccc2SNc2noc(C)c2C)c2ccccc12. The molecular weight excluding hydrogens is 526 g/mol. The van der Waals surface area contributed by atoms with Gasteiger partial charge >= 0.3 is 0 Å². The van der Waals surface area contributed by atoms with Gasteiger partial charge < -0.3 is 18.4 Å². The number of para-hydroxylation sites is 2. The Morgan fingerprint density at radius 3 is 2.64 bits per heavy atom. The van der Waals surface area contributed by atoms with Gasteiger partial charge in [0.15, 0.2) is 5.82 Å². The summed E-state index contributed by atoms with van der Waals surface area (Å²) < 4.78 is 13.4. The smallest absolute Gasteiger partial charge is 0.182 e. The Hall–Kier alpha value is -3.68. The van der Waals surface area contributed by atoms with Crippen LogP contribution in [0.4, 0.5) is 5.82 Å². The molecule has 3 heterocycles. The molecule has 198 valence electrons. The molecule has 0 unspecified atom stereocenters. The highest BCUT2D eigenvalue weighted by Gasteiger charge is 2.17. The normalized spacial score (nSPS) is 11.6. The molecule has 0 bridgehead atoms. The van der Waals surface area contributed by atoms with Gasteiger partial charge in [-0.2, -0.15) is 0 Å². The molecule has 0 saturated heterocycles. The summed E-state index contributed by atoms with van der Waals surface area (Å²) in [5.41, 5.74) is 6.58. The van der Waals surface area contributed by atoms with Gasteiger partial charge in [-0.15, -0.1) is 0 Å². The summed E-state index contributed by atoms with van der Waals surface area (Å²) in [6.45, 7) is 6.88. The molecule has 1 N–H and O–H groups in total. The number of halogens is 1. The molecule has 0 aliphatic heterocycles. The van der Waals surface area contributed by atoms with Crippen molar-refractivity contribution in [3.63, 3.8) is 0 Å². The summed E-state index contributed by atoms with van der Waals surface area (Å²) in [6.07, 6.45) is 5.43. The highest BCUT2D eigenvalue weighted by atomic mass is 35.5. The van der Waals surface area contributed by atoms with E-state index in [2.05, 4.69) is 86.7 Å². The number of aromatic nitrogens is 4. The second-order valence-corrected chi connectivity index (χ2v) is 11.1. The molecule has 6 rings (SSSR count). The van der Waals surface area contributed by atoms with Gasteiger partial charge in [0.1, 0.15) is 11.6 Å². The van der Waals surface area contributed by atoms with Crippen molar-refractivity contribution in [3.05, 3.63) is 101 Å². The van der Waals surface area contributed by atoms with E-state index < -0.39 is 0 Å². The monoisotopic (exact) mass is 555 g/mol. The summed E-state index contributed by atoms with van der Waals surface area (Å²) in [4.78, 5) is 6.07. The lowest BCUT2D eigenvalue weighted by atomic mass is 10.1. The van der Waals surface area contributed by atoms with Gasteiger partial charge in [-0.05, 0) is 74.2 Å². The summed E-state index contributed by atoms with van der Waals surface area (Å²) in [5.74, 6) is 2.67. The maximum atomic E-state index is 6.31. The Morgan fingerprint density at radius 1 is 1.00 bits per heavy atom. The number of aryl methyl sites for hydroxylation is 2. The fourth-order valence-corrected chi connectivity index (χ4v) is 5.94. The number of fused-ring (bicyclic) bond motifs is 2. The minimum atomic E-state index is 0.712. The zero-order valence-corrected chi connectivity index (χ0v) is 23.8. The summed E-state index contributed by atoms with van der Waals surface area (Å²) >= 11 is 7.85. The molecule has 0 spiro atoms. The van der Waals surface area contributed by atoms with Crippen molar-refractivity contribution < 1.29 is 4.52 Å². The van der Waals surface area contributed by atoms with Crippen molar-refractivity contribution in [2.75, 3.05) is 4.72 Å². The first kappa shape index (κ1) is 25.6. The average Bonchev–Trinajstić information content (AvgIpc) is 3.60. The highest BCUT2D eigenvalue weighted by molar-refractivity contribution is 8.00. The van der Waals surface area contributed by atoms with Crippen molar-refractivity contribution in [2.45, 2.75) is 51.5 Å². The van der Waals surface area contributed by atoms with E-state index in [0.717, 1.165) is 75.9 Å².